The van der Waals surface area contributed by atoms with Gasteiger partial charge in [-0.3, -0.25) is 9.69 Å². The zero-order valence-electron chi connectivity index (χ0n) is 12.4. The van der Waals surface area contributed by atoms with E-state index in [4.69, 9.17) is 12.2 Å². The highest BCUT2D eigenvalue weighted by atomic mass is 127. The number of carbonyl (C=O) groups is 1. The number of carbonyl (C=O) groups excluding carboxylic acids is 1. The van der Waals surface area contributed by atoms with E-state index in [1.807, 2.05) is 24.3 Å². The number of hydrogen-bond donors (Lipinski definition) is 0. The lowest BCUT2D eigenvalue weighted by molar-refractivity contribution is -0.137. The van der Waals surface area contributed by atoms with Crippen LogP contribution in [0.5, 0.6) is 0 Å². The second-order valence-corrected chi connectivity index (χ2v) is 7.92. The van der Waals surface area contributed by atoms with Crippen LogP contribution in [-0.2, 0) is 11.0 Å². The first-order chi connectivity index (χ1) is 11.8. The summed E-state index contributed by atoms with van der Waals surface area (Å²) in [6.07, 6.45) is -2.78. The van der Waals surface area contributed by atoms with Gasteiger partial charge in [-0.1, -0.05) is 48.2 Å². The molecule has 0 aromatic heterocycles. The lowest BCUT2D eigenvalue weighted by atomic mass is 10.1. The summed E-state index contributed by atoms with van der Waals surface area (Å²) in [5.74, 6) is -0.422. The van der Waals surface area contributed by atoms with Gasteiger partial charge in [-0.15, -0.1) is 0 Å². The van der Waals surface area contributed by atoms with E-state index >= 15 is 0 Å². The molecule has 128 valence electrons. The Bertz CT molecular complexity index is 895. The van der Waals surface area contributed by atoms with Gasteiger partial charge in [0.25, 0.3) is 5.91 Å². The molecular formula is C17H9F3INOS2. The van der Waals surface area contributed by atoms with Gasteiger partial charge in [0.1, 0.15) is 0 Å². The molecule has 0 spiro atoms. The minimum atomic E-state index is -4.48. The number of hydrogen-bond acceptors (Lipinski definition) is 3. The molecule has 0 bridgehead atoms. The highest BCUT2D eigenvalue weighted by Crippen LogP contribution is 2.38. The fraction of sp³-hybridized carbons (Fsp3) is 0.0588. The Labute approximate surface area is 165 Å². The van der Waals surface area contributed by atoms with Crippen LogP contribution in [0.1, 0.15) is 11.1 Å². The van der Waals surface area contributed by atoms with Gasteiger partial charge in [0.15, 0.2) is 4.32 Å². The van der Waals surface area contributed by atoms with E-state index in [-0.39, 0.29) is 10.0 Å². The van der Waals surface area contributed by atoms with Gasteiger partial charge in [-0.05, 0) is 58.5 Å². The van der Waals surface area contributed by atoms with Gasteiger partial charge in [-0.2, -0.15) is 13.2 Å². The maximum absolute atomic E-state index is 12.9. The Balaban J connectivity index is 1.96. The van der Waals surface area contributed by atoms with Gasteiger partial charge in [0.05, 0.1) is 16.2 Å². The van der Waals surface area contributed by atoms with Crippen molar-refractivity contribution in [2.75, 3.05) is 4.90 Å². The van der Waals surface area contributed by atoms with Crippen LogP contribution < -0.4 is 4.90 Å². The predicted molar refractivity (Wildman–Crippen MR) is 106 cm³/mol. The van der Waals surface area contributed by atoms with Crippen molar-refractivity contribution >= 4 is 68.6 Å². The van der Waals surface area contributed by atoms with Crippen LogP contribution in [0, 0.1) is 3.57 Å². The number of amides is 1. The molecule has 1 aliphatic heterocycles. The molecule has 0 N–H and O–H groups in total. The Morgan fingerprint density at radius 2 is 1.84 bits per heavy atom. The van der Waals surface area contributed by atoms with E-state index in [1.165, 1.54) is 12.1 Å². The van der Waals surface area contributed by atoms with Crippen molar-refractivity contribution in [2.24, 2.45) is 0 Å². The largest absolute Gasteiger partial charge is 0.416 e. The standard InChI is InChI=1S/C17H9F3INOS2/c18-17(19,20)11-5-3-6-12(9-11)22-15(23)14(25-16(22)24)8-10-4-1-2-7-13(10)21/h1-9H/b14-8+. The average molecular weight is 491 g/mol. The third-order valence-electron chi connectivity index (χ3n) is 3.42. The Morgan fingerprint density at radius 1 is 1.12 bits per heavy atom. The molecule has 0 saturated carbocycles. The summed E-state index contributed by atoms with van der Waals surface area (Å²) >= 11 is 8.44. The molecule has 0 aliphatic carbocycles. The highest BCUT2D eigenvalue weighted by Gasteiger charge is 2.36. The number of halogens is 4. The summed E-state index contributed by atoms with van der Waals surface area (Å²) in [4.78, 5) is 14.2. The van der Waals surface area contributed by atoms with E-state index in [0.29, 0.717) is 4.91 Å². The fourth-order valence-electron chi connectivity index (χ4n) is 2.25. The van der Waals surface area contributed by atoms with Gasteiger partial charge in [0.2, 0.25) is 0 Å². The highest BCUT2D eigenvalue weighted by molar-refractivity contribution is 14.1. The summed E-state index contributed by atoms with van der Waals surface area (Å²) in [7, 11) is 0. The van der Waals surface area contributed by atoms with Crippen LogP contribution in [0.4, 0.5) is 18.9 Å². The molecule has 8 heteroatoms. The number of thioether (sulfide) groups is 1. The van der Waals surface area contributed by atoms with E-state index in [2.05, 4.69) is 22.6 Å². The molecule has 25 heavy (non-hydrogen) atoms. The molecule has 2 aromatic carbocycles. The number of anilines is 1. The number of thiocarbonyl (C=S) groups is 1. The molecular weight excluding hydrogens is 482 g/mol. The first-order valence-corrected chi connectivity index (χ1v) is 9.27. The van der Waals surface area contributed by atoms with Gasteiger partial charge >= 0.3 is 6.18 Å². The second kappa shape index (κ2) is 7.08. The van der Waals surface area contributed by atoms with Gasteiger partial charge in [-0.25, -0.2) is 0 Å². The SMILES string of the molecule is O=C1/C(=C\c2ccccc2I)SC(=S)N1c1cccc(C(F)(F)F)c1. The number of benzene rings is 2. The number of nitrogens with zero attached hydrogens (tertiary/aromatic N) is 1. The zero-order valence-corrected chi connectivity index (χ0v) is 16.2. The minimum absolute atomic E-state index is 0.114. The molecule has 1 heterocycles. The van der Waals surface area contributed by atoms with Crippen molar-refractivity contribution in [2.45, 2.75) is 6.18 Å². The van der Waals surface area contributed by atoms with Crippen LogP contribution in [0.2, 0.25) is 0 Å². The summed E-state index contributed by atoms with van der Waals surface area (Å²) in [6, 6.07) is 12.1. The Hall–Kier alpha value is -1.39. The number of rotatable bonds is 2. The molecule has 2 aromatic rings. The van der Waals surface area contributed by atoms with Crippen molar-refractivity contribution in [3.63, 3.8) is 0 Å². The lowest BCUT2D eigenvalue weighted by Gasteiger charge is -2.16. The van der Waals surface area contributed by atoms with E-state index in [0.717, 1.165) is 37.9 Å². The maximum atomic E-state index is 12.9. The summed E-state index contributed by atoms with van der Waals surface area (Å²) < 4.78 is 39.9. The molecule has 1 amide bonds. The first-order valence-electron chi connectivity index (χ1n) is 6.97. The van der Waals surface area contributed by atoms with Crippen molar-refractivity contribution in [3.05, 3.63) is 68.1 Å². The molecule has 3 rings (SSSR count). The number of alkyl halides is 3. The topological polar surface area (TPSA) is 20.3 Å². The average Bonchev–Trinajstić information content (AvgIpc) is 2.83. The summed E-state index contributed by atoms with van der Waals surface area (Å²) in [5.41, 5.74) is 0.150. The first kappa shape index (κ1) is 18.4. The van der Waals surface area contributed by atoms with Crippen molar-refractivity contribution in [1.82, 2.24) is 0 Å². The Kier molecular flexibility index (Phi) is 5.21. The quantitative estimate of drug-likeness (QED) is 0.305. The maximum Gasteiger partial charge on any atom is 0.416 e. The normalized spacial score (nSPS) is 16.8. The smallest absolute Gasteiger partial charge is 0.268 e. The van der Waals surface area contributed by atoms with Gasteiger partial charge < -0.3 is 0 Å². The van der Waals surface area contributed by atoms with Crippen LogP contribution in [0.3, 0.4) is 0 Å². The molecule has 0 unspecified atom stereocenters. The van der Waals surface area contributed by atoms with Crippen LogP contribution in [0.15, 0.2) is 53.4 Å². The van der Waals surface area contributed by atoms with E-state index < -0.39 is 17.6 Å². The van der Waals surface area contributed by atoms with Crippen molar-refractivity contribution in [3.8, 4) is 0 Å². The minimum Gasteiger partial charge on any atom is -0.268 e. The molecule has 0 radical (unpaired) electrons. The lowest BCUT2D eigenvalue weighted by Crippen LogP contribution is -2.27. The second-order valence-electron chi connectivity index (χ2n) is 5.09. The zero-order chi connectivity index (χ0) is 18.2. The Morgan fingerprint density at radius 3 is 2.52 bits per heavy atom. The van der Waals surface area contributed by atoms with E-state index in [1.54, 1.807) is 6.08 Å². The predicted octanol–water partition coefficient (Wildman–Crippen LogP) is 5.72. The van der Waals surface area contributed by atoms with Gasteiger partial charge in [0, 0.05) is 3.57 Å². The molecule has 1 saturated heterocycles. The molecule has 1 fully saturated rings. The van der Waals surface area contributed by atoms with Crippen LogP contribution >= 0.6 is 46.6 Å². The van der Waals surface area contributed by atoms with Crippen LogP contribution in [0.25, 0.3) is 6.08 Å². The fourth-order valence-corrected chi connectivity index (χ4v) is 4.08. The monoisotopic (exact) mass is 491 g/mol. The van der Waals surface area contributed by atoms with E-state index in [9.17, 15) is 18.0 Å². The molecule has 0 atom stereocenters. The third kappa shape index (κ3) is 3.90. The van der Waals surface area contributed by atoms with Crippen LogP contribution in [-0.4, -0.2) is 10.2 Å². The summed E-state index contributed by atoms with van der Waals surface area (Å²) in [6.45, 7) is 0. The van der Waals surface area contributed by atoms with Crippen molar-refractivity contribution in [1.29, 1.82) is 0 Å². The van der Waals surface area contributed by atoms with Crippen molar-refractivity contribution < 1.29 is 18.0 Å². The molecule has 2 nitrogen and oxygen atoms in total. The molecule has 1 aliphatic rings. The third-order valence-corrected chi connectivity index (χ3v) is 5.70. The summed E-state index contributed by atoms with van der Waals surface area (Å²) in [5, 5.41) is 0.